The van der Waals surface area contributed by atoms with Crippen LogP contribution in [0.3, 0.4) is 0 Å². The largest absolute Gasteiger partial charge is 0.440 e. The minimum Gasteiger partial charge on any atom is -0.434 e. The molecule has 0 atom stereocenters. The van der Waals surface area contributed by atoms with E-state index in [0.717, 1.165) is 0 Å². The van der Waals surface area contributed by atoms with Gasteiger partial charge in [-0.25, -0.2) is 9.89 Å². The predicted octanol–water partition coefficient (Wildman–Crippen LogP) is 2.70. The number of H-pyrrole nitrogens is 2. The van der Waals surface area contributed by atoms with E-state index in [1.54, 1.807) is 0 Å². The van der Waals surface area contributed by atoms with Gasteiger partial charge in [-0.2, -0.15) is 0 Å². The summed E-state index contributed by atoms with van der Waals surface area (Å²) in [4.78, 5) is 36.5. The first-order valence-electron chi connectivity index (χ1n) is 7.63. The van der Waals surface area contributed by atoms with E-state index in [0.29, 0.717) is 5.56 Å². The van der Waals surface area contributed by atoms with Crippen molar-refractivity contribution in [3.8, 4) is 22.9 Å². The molecule has 140 valence electrons. The SMILES string of the molecule is CC(C)c1cc(Oc2c(Cl)cc(-c3noc(=O)[nH]c3=O)cc2Cl)n[nH]c1=O. The van der Waals surface area contributed by atoms with Crippen LogP contribution in [0, 0.1) is 0 Å². The number of hydrogen-bond acceptors (Lipinski definition) is 7. The van der Waals surface area contributed by atoms with Crippen molar-refractivity contribution >= 4 is 23.2 Å². The lowest BCUT2D eigenvalue weighted by molar-refractivity contribution is 0.351. The van der Waals surface area contributed by atoms with Gasteiger partial charge in [-0.05, 0) is 18.1 Å². The van der Waals surface area contributed by atoms with Crippen LogP contribution in [0.5, 0.6) is 11.6 Å². The fraction of sp³-hybridized carbons (Fsp3) is 0.188. The Kier molecular flexibility index (Phi) is 5.15. The molecule has 2 N–H and O–H groups in total. The maximum absolute atomic E-state index is 11.8. The van der Waals surface area contributed by atoms with Crippen molar-refractivity contribution < 1.29 is 9.26 Å². The van der Waals surface area contributed by atoms with Crippen LogP contribution in [0.2, 0.25) is 10.0 Å². The highest BCUT2D eigenvalue weighted by Gasteiger charge is 2.17. The average Bonchev–Trinajstić information content (AvgIpc) is 2.59. The van der Waals surface area contributed by atoms with Crippen molar-refractivity contribution in [3.05, 3.63) is 65.1 Å². The topological polar surface area (TPSA) is 131 Å². The van der Waals surface area contributed by atoms with E-state index < -0.39 is 11.3 Å². The lowest BCUT2D eigenvalue weighted by Crippen LogP contribution is -2.21. The fourth-order valence-corrected chi connectivity index (χ4v) is 2.83. The summed E-state index contributed by atoms with van der Waals surface area (Å²) >= 11 is 12.4. The van der Waals surface area contributed by atoms with Crippen molar-refractivity contribution in [1.29, 1.82) is 0 Å². The molecule has 2 aromatic heterocycles. The molecule has 0 radical (unpaired) electrons. The van der Waals surface area contributed by atoms with Crippen molar-refractivity contribution in [1.82, 2.24) is 20.3 Å². The van der Waals surface area contributed by atoms with Gasteiger partial charge in [-0.3, -0.25) is 19.1 Å². The number of aromatic amines is 2. The molecule has 0 spiro atoms. The van der Waals surface area contributed by atoms with Crippen LogP contribution in [0.25, 0.3) is 11.3 Å². The number of nitrogens with zero attached hydrogens (tertiary/aromatic N) is 2. The third-order valence-corrected chi connectivity index (χ3v) is 4.12. The molecular weight excluding hydrogens is 399 g/mol. The van der Waals surface area contributed by atoms with Crippen LogP contribution in [0.15, 0.2) is 37.1 Å². The minimum atomic E-state index is -0.981. The average molecular weight is 411 g/mol. The summed E-state index contributed by atoms with van der Waals surface area (Å²) in [6.45, 7) is 3.71. The van der Waals surface area contributed by atoms with Crippen LogP contribution >= 0.6 is 23.2 Å². The van der Waals surface area contributed by atoms with Crippen LogP contribution in [0.1, 0.15) is 25.3 Å². The van der Waals surface area contributed by atoms with Crippen molar-refractivity contribution in [2.24, 2.45) is 0 Å². The smallest absolute Gasteiger partial charge is 0.434 e. The van der Waals surface area contributed by atoms with Gasteiger partial charge >= 0.3 is 5.76 Å². The predicted molar refractivity (Wildman–Crippen MR) is 97.9 cm³/mol. The minimum absolute atomic E-state index is 0.0436. The number of nitrogens with one attached hydrogen (secondary N) is 2. The number of aromatic nitrogens is 4. The maximum Gasteiger partial charge on any atom is 0.440 e. The zero-order chi connectivity index (χ0) is 19.7. The first-order chi connectivity index (χ1) is 12.8. The van der Waals surface area contributed by atoms with Crippen LogP contribution in [-0.2, 0) is 0 Å². The third-order valence-electron chi connectivity index (χ3n) is 3.56. The third kappa shape index (κ3) is 3.93. The van der Waals surface area contributed by atoms with E-state index in [-0.39, 0.29) is 44.4 Å². The first-order valence-corrected chi connectivity index (χ1v) is 8.39. The molecule has 2 heterocycles. The fourth-order valence-electron chi connectivity index (χ4n) is 2.27. The number of ether oxygens (including phenoxy) is 1. The van der Waals surface area contributed by atoms with Gasteiger partial charge in [0, 0.05) is 17.2 Å². The van der Waals surface area contributed by atoms with E-state index >= 15 is 0 Å². The lowest BCUT2D eigenvalue weighted by Gasteiger charge is -2.11. The summed E-state index contributed by atoms with van der Waals surface area (Å²) < 4.78 is 10.0. The Hall–Kier alpha value is -2.91. The molecule has 9 nitrogen and oxygen atoms in total. The van der Waals surface area contributed by atoms with Crippen molar-refractivity contribution in [2.75, 3.05) is 0 Å². The summed E-state index contributed by atoms with van der Waals surface area (Å²) in [6.07, 6.45) is 0. The van der Waals surface area contributed by atoms with Gasteiger partial charge in [0.1, 0.15) is 0 Å². The summed E-state index contributed by atoms with van der Waals surface area (Å²) in [5, 5.41) is 9.72. The normalized spacial score (nSPS) is 11.0. The standard InChI is InChI=1S/C16H12Cl2N4O5/c1-6(2)8-5-11(20-21-14(8)23)26-13-9(17)3-7(4-10(13)18)12-15(24)19-16(25)27-22-12/h3-6H,1-2H3,(H,21,23)(H,19,24,25). The van der Waals surface area contributed by atoms with Crippen LogP contribution in [-0.4, -0.2) is 20.3 Å². The second kappa shape index (κ2) is 7.37. The quantitative estimate of drug-likeness (QED) is 0.675. The van der Waals surface area contributed by atoms with Gasteiger partial charge in [-0.15, -0.1) is 5.10 Å². The molecule has 27 heavy (non-hydrogen) atoms. The summed E-state index contributed by atoms with van der Waals surface area (Å²) in [5.74, 6) is -0.856. The van der Waals surface area contributed by atoms with Crippen LogP contribution in [0.4, 0.5) is 0 Å². The zero-order valence-corrected chi connectivity index (χ0v) is 15.5. The van der Waals surface area contributed by atoms with E-state index in [1.165, 1.54) is 18.2 Å². The Morgan fingerprint density at radius 2 is 1.74 bits per heavy atom. The molecule has 0 saturated carbocycles. The van der Waals surface area contributed by atoms with Gasteiger partial charge in [0.15, 0.2) is 11.4 Å². The lowest BCUT2D eigenvalue weighted by atomic mass is 10.1. The van der Waals surface area contributed by atoms with E-state index in [9.17, 15) is 14.4 Å². The highest BCUT2D eigenvalue weighted by atomic mass is 35.5. The maximum atomic E-state index is 11.8. The summed E-state index contributed by atoms with van der Waals surface area (Å²) in [7, 11) is 0. The molecule has 0 saturated heterocycles. The highest BCUT2D eigenvalue weighted by molar-refractivity contribution is 6.37. The van der Waals surface area contributed by atoms with Gasteiger partial charge in [-0.1, -0.05) is 42.2 Å². The molecule has 0 unspecified atom stereocenters. The first kappa shape index (κ1) is 18.9. The molecular formula is C16H12Cl2N4O5. The van der Waals surface area contributed by atoms with E-state index in [1.807, 2.05) is 18.8 Å². The molecule has 3 aromatic rings. The Morgan fingerprint density at radius 1 is 1.07 bits per heavy atom. The molecule has 0 aliphatic carbocycles. The van der Waals surface area contributed by atoms with Gasteiger partial charge < -0.3 is 4.74 Å². The highest BCUT2D eigenvalue weighted by Crippen LogP contribution is 2.38. The Bertz CT molecular complexity index is 1160. The van der Waals surface area contributed by atoms with Crippen molar-refractivity contribution in [2.45, 2.75) is 19.8 Å². The monoisotopic (exact) mass is 410 g/mol. The second-order valence-electron chi connectivity index (χ2n) is 5.79. The Morgan fingerprint density at radius 3 is 2.33 bits per heavy atom. The molecule has 0 aliphatic rings. The molecule has 0 fully saturated rings. The van der Waals surface area contributed by atoms with E-state index in [2.05, 4.69) is 19.9 Å². The van der Waals surface area contributed by atoms with Gasteiger partial charge in [0.05, 0.1) is 10.0 Å². The number of rotatable bonds is 4. The number of halogens is 2. The molecule has 3 rings (SSSR count). The summed E-state index contributed by atoms with van der Waals surface area (Å²) in [5.41, 5.74) is -0.538. The Labute approximate surface area is 160 Å². The van der Waals surface area contributed by atoms with E-state index in [4.69, 9.17) is 27.9 Å². The number of benzene rings is 1. The second-order valence-corrected chi connectivity index (χ2v) is 6.60. The van der Waals surface area contributed by atoms with Gasteiger partial charge in [0.25, 0.3) is 11.1 Å². The molecule has 0 amide bonds. The zero-order valence-electron chi connectivity index (χ0n) is 14.0. The molecule has 1 aromatic carbocycles. The van der Waals surface area contributed by atoms with Gasteiger partial charge in [0.2, 0.25) is 5.88 Å². The molecule has 0 aliphatic heterocycles. The number of hydrogen-bond donors (Lipinski definition) is 2. The Balaban J connectivity index is 2.01. The summed E-state index contributed by atoms with van der Waals surface area (Å²) in [6, 6.07) is 4.23. The van der Waals surface area contributed by atoms with Crippen LogP contribution < -0.4 is 21.6 Å². The molecule has 11 heteroatoms. The molecule has 0 bridgehead atoms. The van der Waals surface area contributed by atoms with Crippen molar-refractivity contribution in [3.63, 3.8) is 0 Å².